The summed E-state index contributed by atoms with van der Waals surface area (Å²) in [5, 5.41) is 9.11. The van der Waals surface area contributed by atoms with Crippen molar-refractivity contribution in [1.29, 1.82) is 0 Å². The summed E-state index contributed by atoms with van der Waals surface area (Å²) >= 11 is 0. The van der Waals surface area contributed by atoms with Gasteiger partial charge in [-0.2, -0.15) is 0 Å². The molecule has 41 heavy (non-hydrogen) atoms. The van der Waals surface area contributed by atoms with E-state index in [1.807, 2.05) is 19.9 Å². The van der Waals surface area contributed by atoms with Crippen LogP contribution in [0.15, 0.2) is 76.9 Å². The second kappa shape index (κ2) is 21.5. The minimum Gasteiger partial charge on any atom is -0.491 e. The molecule has 0 aromatic heterocycles. The van der Waals surface area contributed by atoms with E-state index in [4.69, 9.17) is 14.6 Å². The lowest BCUT2D eigenvalue weighted by atomic mass is 9.95. The molecule has 0 bridgehead atoms. The second-order valence-corrected chi connectivity index (χ2v) is 9.82. The fraction of sp³-hybridized carbons (Fsp3) is 0.432. The van der Waals surface area contributed by atoms with Crippen LogP contribution in [0.2, 0.25) is 0 Å². The van der Waals surface area contributed by atoms with Crippen LogP contribution in [0.3, 0.4) is 0 Å². The second-order valence-electron chi connectivity index (χ2n) is 9.82. The number of aliphatic hydroxyl groups is 1. The maximum absolute atomic E-state index is 9.41. The number of allylic oxidation sites excluding steroid dienone is 6. The number of methoxy groups -OCH3 is 1. The number of carbonyl (C=O) groups is 1. The number of aliphatic hydroxyl groups excluding tert-OH is 1. The Morgan fingerprint density at radius 1 is 0.927 bits per heavy atom. The lowest BCUT2D eigenvalue weighted by molar-refractivity contribution is -0.104. The van der Waals surface area contributed by atoms with Gasteiger partial charge >= 0.3 is 0 Å². The van der Waals surface area contributed by atoms with Crippen molar-refractivity contribution >= 4 is 12.4 Å². The minimum absolute atomic E-state index is 0.00193. The molecule has 0 saturated carbocycles. The van der Waals surface area contributed by atoms with E-state index >= 15 is 0 Å². The third-order valence-electron chi connectivity index (χ3n) is 6.63. The van der Waals surface area contributed by atoms with Crippen LogP contribution in [0, 0.1) is 6.92 Å². The summed E-state index contributed by atoms with van der Waals surface area (Å²) in [6.07, 6.45) is 8.31. The highest BCUT2D eigenvalue weighted by Crippen LogP contribution is 2.30. The topological polar surface area (TPSA) is 55.8 Å². The Balaban J connectivity index is 0.00000205. The maximum Gasteiger partial charge on any atom is 0.145 e. The van der Waals surface area contributed by atoms with Crippen LogP contribution in [0.1, 0.15) is 84.9 Å². The molecule has 0 amide bonds. The van der Waals surface area contributed by atoms with Crippen molar-refractivity contribution in [2.24, 2.45) is 0 Å². The highest BCUT2D eigenvalue weighted by Gasteiger charge is 2.09. The van der Waals surface area contributed by atoms with Gasteiger partial charge in [0, 0.05) is 7.11 Å². The van der Waals surface area contributed by atoms with E-state index < -0.39 is 0 Å². The van der Waals surface area contributed by atoms with Crippen LogP contribution in [-0.2, 0) is 16.0 Å². The summed E-state index contributed by atoms with van der Waals surface area (Å²) in [7, 11) is 1.71. The van der Waals surface area contributed by atoms with Crippen LogP contribution in [0.5, 0.6) is 5.75 Å². The number of hydrogen-bond donors (Lipinski definition) is 1. The molecule has 0 unspecified atom stereocenters. The molecule has 0 fully saturated rings. The average molecular weight is 563 g/mol. The average Bonchev–Trinajstić information content (AvgIpc) is 2.98. The van der Waals surface area contributed by atoms with Gasteiger partial charge in [0.25, 0.3) is 0 Å². The molecule has 1 N–H and O–H groups in total. The number of aryl methyl sites for hydroxylation is 1. The van der Waals surface area contributed by atoms with E-state index in [-0.39, 0.29) is 6.61 Å². The van der Waals surface area contributed by atoms with Crippen molar-refractivity contribution in [2.75, 3.05) is 26.9 Å². The first-order valence-corrected chi connectivity index (χ1v) is 14.7. The Morgan fingerprint density at radius 2 is 1.51 bits per heavy atom. The van der Waals surface area contributed by atoms with Gasteiger partial charge in [-0.25, -0.2) is 0 Å². The molecule has 0 radical (unpaired) electrons. The molecule has 4 nitrogen and oxygen atoms in total. The SMILES string of the molecule is C=C(C)C=O.CC.CCC(CC)=C(C)/C=C(C)/C(C)=C/c1ccc(-c2ccc(OCCO)c(CCOC)c2)cc1C. The molecule has 226 valence electrons. The lowest BCUT2D eigenvalue weighted by Gasteiger charge is -2.14. The van der Waals surface area contributed by atoms with Gasteiger partial charge in [0.15, 0.2) is 0 Å². The van der Waals surface area contributed by atoms with Gasteiger partial charge in [-0.1, -0.05) is 81.8 Å². The number of ether oxygens (including phenoxy) is 2. The monoisotopic (exact) mass is 562 g/mol. The Morgan fingerprint density at radius 3 is 2.02 bits per heavy atom. The first-order chi connectivity index (χ1) is 19.6. The lowest BCUT2D eigenvalue weighted by Crippen LogP contribution is -2.05. The summed E-state index contributed by atoms with van der Waals surface area (Å²) < 4.78 is 11.0. The molecule has 2 aromatic rings. The number of benzene rings is 2. The first kappa shape index (κ1) is 37.8. The highest BCUT2D eigenvalue weighted by atomic mass is 16.5. The van der Waals surface area contributed by atoms with Gasteiger partial charge in [-0.3, -0.25) is 4.79 Å². The van der Waals surface area contributed by atoms with Crippen LogP contribution in [0.4, 0.5) is 0 Å². The Kier molecular flexibility index (Phi) is 19.8. The van der Waals surface area contributed by atoms with Gasteiger partial charge < -0.3 is 14.6 Å². The number of carbonyl (C=O) groups excluding carboxylic acids is 1. The molecule has 4 heteroatoms. The molecule has 0 heterocycles. The first-order valence-electron chi connectivity index (χ1n) is 14.7. The number of hydrogen-bond acceptors (Lipinski definition) is 4. The van der Waals surface area contributed by atoms with Gasteiger partial charge in [0.05, 0.1) is 13.2 Å². The standard InChI is InChI=1S/C31H42O3.C4H6O.C2H6/c1-8-26(9-2)24(5)18-22(3)23(4)19-27-10-11-28(20-25(27)6)29-12-13-31(34-17-15-32)30(21-29)14-16-33-7;1-4(2)3-5;1-2/h10-13,18-21,32H,8-9,14-17H2,1-7H3;3H,1H2,2H3;1-2H3/b22-18+,23-19+;;. The smallest absolute Gasteiger partial charge is 0.145 e. The van der Waals surface area contributed by atoms with Crippen molar-refractivity contribution in [2.45, 2.75) is 81.6 Å². The number of rotatable bonds is 13. The molecule has 2 rings (SSSR count). The molecule has 0 aliphatic rings. The van der Waals surface area contributed by atoms with E-state index in [2.05, 4.69) is 90.6 Å². The quantitative estimate of drug-likeness (QED) is 0.150. The van der Waals surface area contributed by atoms with E-state index in [1.54, 1.807) is 14.0 Å². The summed E-state index contributed by atoms with van der Waals surface area (Å²) in [4.78, 5) is 9.41. The zero-order chi connectivity index (χ0) is 31.4. The Hall–Kier alpha value is -3.21. The molecule has 0 spiro atoms. The van der Waals surface area contributed by atoms with E-state index in [9.17, 15) is 4.79 Å². The predicted octanol–water partition coefficient (Wildman–Crippen LogP) is 9.50. The normalized spacial score (nSPS) is 11.0. The summed E-state index contributed by atoms with van der Waals surface area (Å²) in [6, 6.07) is 12.9. The Bertz CT molecular complexity index is 1180. The van der Waals surface area contributed by atoms with Crippen LogP contribution in [0.25, 0.3) is 17.2 Å². The third kappa shape index (κ3) is 13.8. The van der Waals surface area contributed by atoms with Crippen molar-refractivity contribution in [1.82, 2.24) is 0 Å². The molecule has 0 saturated heterocycles. The molecule has 0 atom stereocenters. The zero-order valence-electron chi connectivity index (χ0n) is 27.3. The van der Waals surface area contributed by atoms with Crippen molar-refractivity contribution in [3.8, 4) is 16.9 Å². The van der Waals surface area contributed by atoms with Crippen molar-refractivity contribution < 1.29 is 19.4 Å². The third-order valence-corrected chi connectivity index (χ3v) is 6.63. The molecular formula is C37H54O4. The predicted molar refractivity (Wildman–Crippen MR) is 178 cm³/mol. The van der Waals surface area contributed by atoms with Gasteiger partial charge in [0.1, 0.15) is 18.6 Å². The van der Waals surface area contributed by atoms with Crippen molar-refractivity contribution in [3.63, 3.8) is 0 Å². The fourth-order valence-corrected chi connectivity index (χ4v) is 4.18. The van der Waals surface area contributed by atoms with Gasteiger partial charge in [0.2, 0.25) is 0 Å². The van der Waals surface area contributed by atoms with E-state index in [1.165, 1.54) is 39.0 Å². The maximum atomic E-state index is 9.41. The molecule has 2 aromatic carbocycles. The zero-order valence-corrected chi connectivity index (χ0v) is 27.3. The van der Waals surface area contributed by atoms with Crippen LogP contribution < -0.4 is 4.74 Å². The Labute approximate surface area is 250 Å². The van der Waals surface area contributed by atoms with E-state index in [0.29, 0.717) is 18.8 Å². The molecular weight excluding hydrogens is 508 g/mol. The van der Waals surface area contributed by atoms with Gasteiger partial charge in [-0.05, 0) is 111 Å². The minimum atomic E-state index is 0.00193. The summed E-state index contributed by atoms with van der Waals surface area (Å²) in [6.45, 7) is 23.1. The molecule has 0 aliphatic carbocycles. The molecule has 0 aliphatic heterocycles. The van der Waals surface area contributed by atoms with Crippen LogP contribution in [-0.4, -0.2) is 38.3 Å². The van der Waals surface area contributed by atoms with Gasteiger partial charge in [-0.15, -0.1) is 0 Å². The summed E-state index contributed by atoms with van der Waals surface area (Å²) in [5.74, 6) is 0.808. The summed E-state index contributed by atoms with van der Waals surface area (Å²) in [5.41, 5.74) is 12.0. The van der Waals surface area contributed by atoms with Crippen molar-refractivity contribution in [3.05, 3.63) is 93.6 Å². The van der Waals surface area contributed by atoms with Crippen LogP contribution >= 0.6 is 0 Å². The number of aldehydes is 1. The fourth-order valence-electron chi connectivity index (χ4n) is 4.18. The largest absolute Gasteiger partial charge is 0.491 e. The van der Waals surface area contributed by atoms with E-state index in [0.717, 1.165) is 42.4 Å². The highest BCUT2D eigenvalue weighted by molar-refractivity contribution is 5.71.